The second kappa shape index (κ2) is 7.38. The van der Waals surface area contributed by atoms with Gasteiger partial charge in [0, 0.05) is 11.0 Å². The topological polar surface area (TPSA) is 41.5 Å². The van der Waals surface area contributed by atoms with Crippen LogP contribution in [0.5, 0.6) is 5.75 Å². The molecule has 0 saturated carbocycles. The van der Waals surface area contributed by atoms with Crippen molar-refractivity contribution in [3.8, 4) is 5.75 Å². The molecule has 0 heterocycles. The second-order valence-corrected chi connectivity index (χ2v) is 5.32. The van der Waals surface area contributed by atoms with E-state index in [4.69, 9.17) is 4.74 Å². The molecule has 2 N–H and O–H groups in total. The fourth-order valence-electron chi connectivity index (χ4n) is 1.68. The number of rotatable bonds is 6. The molecule has 6 heteroatoms. The molecule has 0 radical (unpaired) electrons. The van der Waals surface area contributed by atoms with Gasteiger partial charge in [0.25, 0.3) is 0 Å². The minimum absolute atomic E-state index is 0.0107. The smallest absolute Gasteiger partial charge is 0.181 e. The molecule has 0 aliphatic heterocycles. The van der Waals surface area contributed by atoms with Crippen LogP contribution in [-0.2, 0) is 0 Å². The largest absolute Gasteiger partial charge is 0.491 e. The van der Waals surface area contributed by atoms with Crippen LogP contribution in [0.2, 0.25) is 0 Å². The highest BCUT2D eigenvalue weighted by molar-refractivity contribution is 9.10. The minimum atomic E-state index is -0.961. The van der Waals surface area contributed by atoms with Crippen LogP contribution in [0.15, 0.2) is 46.9 Å². The van der Waals surface area contributed by atoms with Crippen LogP contribution < -0.4 is 10.1 Å². The maximum atomic E-state index is 13.4. The van der Waals surface area contributed by atoms with Crippen molar-refractivity contribution in [2.45, 2.75) is 6.10 Å². The van der Waals surface area contributed by atoms with Gasteiger partial charge < -0.3 is 15.2 Å². The zero-order valence-corrected chi connectivity index (χ0v) is 12.6. The number of nitrogens with one attached hydrogen (secondary N) is 1. The Balaban J connectivity index is 1.82. The number of aliphatic hydroxyl groups is 1. The molecular weight excluding hydrogens is 344 g/mol. The lowest BCUT2D eigenvalue weighted by Crippen LogP contribution is -2.26. The van der Waals surface area contributed by atoms with Crippen molar-refractivity contribution >= 4 is 21.6 Å². The molecule has 2 aromatic carbocycles. The third-order valence-electron chi connectivity index (χ3n) is 2.72. The third kappa shape index (κ3) is 4.68. The molecule has 0 fully saturated rings. The summed E-state index contributed by atoms with van der Waals surface area (Å²) in [6.45, 7) is 0.0920. The summed E-state index contributed by atoms with van der Waals surface area (Å²) in [5.74, 6) is -1.28. The maximum absolute atomic E-state index is 13.4. The van der Waals surface area contributed by atoms with E-state index in [0.29, 0.717) is 5.75 Å². The number of anilines is 1. The van der Waals surface area contributed by atoms with E-state index in [1.807, 2.05) is 12.1 Å². The highest BCUT2D eigenvalue weighted by Crippen LogP contribution is 2.18. The van der Waals surface area contributed by atoms with Crippen molar-refractivity contribution in [1.29, 1.82) is 0 Å². The van der Waals surface area contributed by atoms with Crippen molar-refractivity contribution in [2.24, 2.45) is 0 Å². The fraction of sp³-hybridized carbons (Fsp3) is 0.200. The van der Waals surface area contributed by atoms with E-state index >= 15 is 0 Å². The molecule has 21 heavy (non-hydrogen) atoms. The summed E-state index contributed by atoms with van der Waals surface area (Å²) in [6.07, 6.45) is -0.855. The molecule has 0 bridgehead atoms. The molecule has 0 amide bonds. The lowest BCUT2D eigenvalue weighted by molar-refractivity contribution is 0.117. The summed E-state index contributed by atoms with van der Waals surface area (Å²) in [7, 11) is 0. The van der Waals surface area contributed by atoms with Crippen LogP contribution in [0.3, 0.4) is 0 Å². The molecule has 3 nitrogen and oxygen atoms in total. The highest BCUT2D eigenvalue weighted by atomic mass is 79.9. The normalized spacial score (nSPS) is 12.0. The number of benzene rings is 2. The lowest BCUT2D eigenvalue weighted by Gasteiger charge is -2.14. The minimum Gasteiger partial charge on any atom is -0.491 e. The molecule has 1 unspecified atom stereocenters. The average Bonchev–Trinajstić information content (AvgIpc) is 2.47. The number of hydrogen-bond acceptors (Lipinski definition) is 3. The van der Waals surface area contributed by atoms with Gasteiger partial charge in [0.15, 0.2) is 11.6 Å². The molecule has 2 rings (SSSR count). The van der Waals surface area contributed by atoms with Crippen molar-refractivity contribution < 1.29 is 18.6 Å². The van der Waals surface area contributed by atoms with Gasteiger partial charge in [-0.2, -0.15) is 0 Å². The summed E-state index contributed by atoms with van der Waals surface area (Å²) >= 11 is 3.31. The summed E-state index contributed by atoms with van der Waals surface area (Å²) < 4.78 is 32.7. The van der Waals surface area contributed by atoms with Gasteiger partial charge in [0.05, 0.1) is 5.69 Å². The lowest BCUT2D eigenvalue weighted by atomic mass is 10.2. The van der Waals surface area contributed by atoms with E-state index in [0.717, 1.165) is 10.5 Å². The van der Waals surface area contributed by atoms with Crippen LogP contribution in [0.25, 0.3) is 0 Å². The van der Waals surface area contributed by atoms with Crippen molar-refractivity contribution in [2.75, 3.05) is 18.5 Å². The van der Waals surface area contributed by atoms with E-state index in [2.05, 4.69) is 21.2 Å². The Labute approximate surface area is 129 Å². The first-order valence-corrected chi connectivity index (χ1v) is 7.10. The van der Waals surface area contributed by atoms with Crippen molar-refractivity contribution in [1.82, 2.24) is 0 Å². The first-order valence-electron chi connectivity index (χ1n) is 6.30. The van der Waals surface area contributed by atoms with Crippen molar-refractivity contribution in [3.05, 3.63) is 58.6 Å². The molecule has 1 atom stereocenters. The van der Waals surface area contributed by atoms with Crippen LogP contribution >= 0.6 is 15.9 Å². The van der Waals surface area contributed by atoms with Gasteiger partial charge in [-0.3, -0.25) is 0 Å². The number of hydrogen-bond donors (Lipinski definition) is 2. The standard InChI is InChI=1S/C15H14BrF2NO2/c16-10-3-1-4-12(7-10)21-9-11(20)8-19-14-6-2-5-13(17)15(14)18/h1-7,11,19-20H,8-9H2. The van der Waals surface area contributed by atoms with E-state index < -0.39 is 17.7 Å². The average molecular weight is 358 g/mol. The molecular formula is C15H14BrF2NO2. The SMILES string of the molecule is OC(CNc1cccc(F)c1F)COc1cccc(Br)c1. The van der Waals surface area contributed by atoms with E-state index in [1.165, 1.54) is 12.1 Å². The zero-order valence-electron chi connectivity index (χ0n) is 11.0. The van der Waals surface area contributed by atoms with E-state index in [1.54, 1.807) is 12.1 Å². The van der Waals surface area contributed by atoms with E-state index in [9.17, 15) is 13.9 Å². The Hall–Kier alpha value is -1.66. The molecule has 0 aromatic heterocycles. The van der Waals surface area contributed by atoms with Gasteiger partial charge in [0.1, 0.15) is 18.5 Å². The monoisotopic (exact) mass is 357 g/mol. The summed E-state index contributed by atoms with van der Waals surface area (Å²) in [6, 6.07) is 11.0. The third-order valence-corrected chi connectivity index (χ3v) is 3.21. The Morgan fingerprint density at radius 3 is 2.71 bits per heavy atom. The quantitative estimate of drug-likeness (QED) is 0.830. The number of halogens is 3. The molecule has 112 valence electrons. The Morgan fingerprint density at radius 1 is 1.19 bits per heavy atom. The Bertz CT molecular complexity index is 610. The summed E-state index contributed by atoms with van der Waals surface area (Å²) in [5.41, 5.74) is 0.0107. The van der Waals surface area contributed by atoms with Gasteiger partial charge in [-0.25, -0.2) is 8.78 Å². The highest BCUT2D eigenvalue weighted by Gasteiger charge is 2.10. The maximum Gasteiger partial charge on any atom is 0.181 e. The first-order chi connectivity index (χ1) is 10.1. The van der Waals surface area contributed by atoms with Gasteiger partial charge in [-0.1, -0.05) is 28.1 Å². The molecule has 0 aliphatic carbocycles. The van der Waals surface area contributed by atoms with Gasteiger partial charge in [-0.05, 0) is 30.3 Å². The van der Waals surface area contributed by atoms with Gasteiger partial charge in [-0.15, -0.1) is 0 Å². The molecule has 0 spiro atoms. The zero-order chi connectivity index (χ0) is 15.2. The molecule has 0 aliphatic rings. The van der Waals surface area contributed by atoms with Gasteiger partial charge >= 0.3 is 0 Å². The number of aliphatic hydroxyl groups excluding tert-OH is 1. The van der Waals surface area contributed by atoms with Crippen LogP contribution in [0.4, 0.5) is 14.5 Å². The van der Waals surface area contributed by atoms with Crippen LogP contribution in [0, 0.1) is 11.6 Å². The van der Waals surface area contributed by atoms with Gasteiger partial charge in [0.2, 0.25) is 0 Å². The Morgan fingerprint density at radius 2 is 1.95 bits per heavy atom. The predicted octanol–water partition coefficient (Wildman–Crippen LogP) is 3.58. The van der Waals surface area contributed by atoms with E-state index in [-0.39, 0.29) is 18.8 Å². The Kier molecular flexibility index (Phi) is 5.52. The molecule has 0 saturated heterocycles. The number of ether oxygens (including phenoxy) is 1. The second-order valence-electron chi connectivity index (χ2n) is 4.40. The fourth-order valence-corrected chi connectivity index (χ4v) is 2.05. The molecule has 2 aromatic rings. The predicted molar refractivity (Wildman–Crippen MR) is 80.5 cm³/mol. The summed E-state index contributed by atoms with van der Waals surface area (Å²) in [4.78, 5) is 0. The van der Waals surface area contributed by atoms with Crippen LogP contribution in [0.1, 0.15) is 0 Å². The van der Waals surface area contributed by atoms with Crippen LogP contribution in [-0.4, -0.2) is 24.4 Å². The van der Waals surface area contributed by atoms with Crippen molar-refractivity contribution in [3.63, 3.8) is 0 Å². The first kappa shape index (κ1) is 15.7. The summed E-state index contributed by atoms with van der Waals surface area (Å²) in [5, 5.41) is 12.4.